The summed E-state index contributed by atoms with van der Waals surface area (Å²) in [5.74, 6) is 3.92. The zero-order valence-electron chi connectivity index (χ0n) is 14.2. The summed E-state index contributed by atoms with van der Waals surface area (Å²) in [7, 11) is 5.69. The van der Waals surface area contributed by atoms with Crippen molar-refractivity contribution in [3.8, 4) is 11.5 Å². The fourth-order valence-electron chi connectivity index (χ4n) is 3.03. The van der Waals surface area contributed by atoms with Crippen LogP contribution in [0.25, 0.3) is 0 Å². The second-order valence-electron chi connectivity index (χ2n) is 6.22. The van der Waals surface area contributed by atoms with Gasteiger partial charge in [-0.3, -0.25) is 0 Å². The summed E-state index contributed by atoms with van der Waals surface area (Å²) in [4.78, 5) is 11.2. The van der Waals surface area contributed by atoms with Gasteiger partial charge in [-0.2, -0.15) is 0 Å². The standard InChI is InChI=1S/C18H23N3O2/c1-12-10-19-16(20-18(12)21(2)3)9-13-8-14-6-5-7-15(22-4)17(14)23-11-13/h5-7,10,13H,8-9,11H2,1-4H3. The first-order valence-electron chi connectivity index (χ1n) is 7.87. The molecule has 0 bridgehead atoms. The highest BCUT2D eigenvalue weighted by Crippen LogP contribution is 2.36. The molecule has 3 rings (SSSR count). The molecule has 23 heavy (non-hydrogen) atoms. The normalized spacial score (nSPS) is 16.4. The fraction of sp³-hybridized carbons (Fsp3) is 0.444. The maximum absolute atomic E-state index is 5.94. The van der Waals surface area contributed by atoms with Crippen molar-refractivity contribution in [1.29, 1.82) is 0 Å². The van der Waals surface area contributed by atoms with Gasteiger partial charge in [-0.25, -0.2) is 9.97 Å². The predicted molar refractivity (Wildman–Crippen MR) is 90.5 cm³/mol. The Balaban J connectivity index is 1.76. The Kier molecular flexibility index (Phi) is 4.37. The third-order valence-corrected chi connectivity index (χ3v) is 4.14. The molecule has 0 N–H and O–H groups in total. The maximum Gasteiger partial charge on any atom is 0.164 e. The van der Waals surface area contributed by atoms with Crippen LogP contribution in [0, 0.1) is 12.8 Å². The summed E-state index contributed by atoms with van der Waals surface area (Å²) in [6.07, 6.45) is 3.68. The Bertz CT molecular complexity index is 701. The first-order chi connectivity index (χ1) is 11.1. The van der Waals surface area contributed by atoms with Crippen LogP contribution in [0.1, 0.15) is 17.0 Å². The third kappa shape index (κ3) is 3.23. The topological polar surface area (TPSA) is 47.5 Å². The van der Waals surface area contributed by atoms with Crippen LogP contribution in [0.4, 0.5) is 5.82 Å². The van der Waals surface area contributed by atoms with Gasteiger partial charge in [-0.15, -0.1) is 0 Å². The van der Waals surface area contributed by atoms with Crippen molar-refractivity contribution in [3.63, 3.8) is 0 Å². The van der Waals surface area contributed by atoms with E-state index in [2.05, 4.69) is 11.1 Å². The van der Waals surface area contributed by atoms with E-state index < -0.39 is 0 Å². The van der Waals surface area contributed by atoms with Crippen molar-refractivity contribution in [3.05, 3.63) is 41.3 Å². The van der Waals surface area contributed by atoms with Crippen molar-refractivity contribution in [1.82, 2.24) is 9.97 Å². The van der Waals surface area contributed by atoms with Gasteiger partial charge in [0, 0.05) is 38.2 Å². The number of benzene rings is 1. The predicted octanol–water partition coefficient (Wildman–Crippen LogP) is 2.65. The van der Waals surface area contributed by atoms with E-state index in [9.17, 15) is 0 Å². The molecule has 1 aliphatic heterocycles. The quantitative estimate of drug-likeness (QED) is 0.868. The van der Waals surface area contributed by atoms with Crippen molar-refractivity contribution in [2.75, 3.05) is 32.7 Å². The summed E-state index contributed by atoms with van der Waals surface area (Å²) in [5.41, 5.74) is 2.29. The Labute approximate surface area is 137 Å². The lowest BCUT2D eigenvalue weighted by Gasteiger charge is -2.26. The van der Waals surface area contributed by atoms with Gasteiger partial charge in [0.2, 0.25) is 0 Å². The number of para-hydroxylation sites is 1. The number of anilines is 1. The van der Waals surface area contributed by atoms with Gasteiger partial charge in [-0.05, 0) is 25.0 Å². The van der Waals surface area contributed by atoms with E-state index >= 15 is 0 Å². The molecular weight excluding hydrogens is 290 g/mol. The molecule has 5 heteroatoms. The minimum absolute atomic E-state index is 0.382. The molecule has 2 aromatic rings. The second kappa shape index (κ2) is 6.44. The fourth-order valence-corrected chi connectivity index (χ4v) is 3.03. The monoisotopic (exact) mass is 313 g/mol. The van der Waals surface area contributed by atoms with Crippen LogP contribution >= 0.6 is 0 Å². The molecule has 5 nitrogen and oxygen atoms in total. The molecule has 1 aromatic heterocycles. The molecule has 1 unspecified atom stereocenters. The second-order valence-corrected chi connectivity index (χ2v) is 6.22. The van der Waals surface area contributed by atoms with E-state index in [0.29, 0.717) is 12.5 Å². The van der Waals surface area contributed by atoms with E-state index in [4.69, 9.17) is 14.5 Å². The van der Waals surface area contributed by atoms with Gasteiger partial charge in [0.05, 0.1) is 13.7 Å². The Morgan fingerprint density at radius 2 is 2.17 bits per heavy atom. The molecule has 0 saturated heterocycles. The van der Waals surface area contributed by atoms with Crippen LogP contribution in [0.2, 0.25) is 0 Å². The Hall–Kier alpha value is -2.30. The van der Waals surface area contributed by atoms with Crippen LogP contribution in [-0.2, 0) is 12.8 Å². The summed E-state index contributed by atoms with van der Waals surface area (Å²) >= 11 is 0. The number of methoxy groups -OCH3 is 1. The SMILES string of the molecule is COc1cccc2c1OCC(Cc1ncc(C)c(N(C)C)n1)C2. The summed E-state index contributed by atoms with van der Waals surface area (Å²) < 4.78 is 11.3. The Morgan fingerprint density at radius 3 is 2.91 bits per heavy atom. The van der Waals surface area contributed by atoms with Crippen LogP contribution in [0.5, 0.6) is 11.5 Å². The molecule has 0 amide bonds. The molecule has 0 aliphatic carbocycles. The van der Waals surface area contributed by atoms with Crippen molar-refractivity contribution < 1.29 is 9.47 Å². The lowest BCUT2D eigenvalue weighted by Crippen LogP contribution is -2.24. The molecule has 0 fully saturated rings. The van der Waals surface area contributed by atoms with Gasteiger partial charge in [0.15, 0.2) is 11.5 Å². The third-order valence-electron chi connectivity index (χ3n) is 4.14. The van der Waals surface area contributed by atoms with Crippen molar-refractivity contribution in [2.24, 2.45) is 5.92 Å². The number of aryl methyl sites for hydroxylation is 1. The smallest absolute Gasteiger partial charge is 0.164 e. The average Bonchev–Trinajstić information content (AvgIpc) is 2.55. The van der Waals surface area contributed by atoms with Gasteiger partial charge in [-0.1, -0.05) is 12.1 Å². The van der Waals surface area contributed by atoms with E-state index in [1.165, 1.54) is 5.56 Å². The highest BCUT2D eigenvalue weighted by Gasteiger charge is 2.24. The van der Waals surface area contributed by atoms with Gasteiger partial charge >= 0.3 is 0 Å². The molecular formula is C18H23N3O2. The van der Waals surface area contributed by atoms with Gasteiger partial charge < -0.3 is 14.4 Å². The number of fused-ring (bicyclic) bond motifs is 1. The van der Waals surface area contributed by atoms with Crippen LogP contribution in [0.3, 0.4) is 0 Å². The Morgan fingerprint density at radius 1 is 1.35 bits per heavy atom. The zero-order chi connectivity index (χ0) is 16.4. The van der Waals surface area contributed by atoms with Crippen molar-refractivity contribution >= 4 is 5.82 Å². The lowest BCUT2D eigenvalue weighted by molar-refractivity contribution is 0.209. The van der Waals surface area contributed by atoms with E-state index in [0.717, 1.165) is 41.5 Å². The minimum atomic E-state index is 0.382. The summed E-state index contributed by atoms with van der Waals surface area (Å²) in [5, 5.41) is 0. The molecule has 2 heterocycles. The van der Waals surface area contributed by atoms with Crippen LogP contribution in [0.15, 0.2) is 24.4 Å². The lowest BCUT2D eigenvalue weighted by atomic mass is 9.93. The molecule has 1 aromatic carbocycles. The first-order valence-corrected chi connectivity index (χ1v) is 7.87. The number of hydrogen-bond donors (Lipinski definition) is 0. The molecule has 0 radical (unpaired) electrons. The zero-order valence-corrected chi connectivity index (χ0v) is 14.2. The van der Waals surface area contributed by atoms with Crippen molar-refractivity contribution in [2.45, 2.75) is 19.8 Å². The molecule has 1 aliphatic rings. The molecule has 0 saturated carbocycles. The number of nitrogens with zero attached hydrogens (tertiary/aromatic N) is 3. The average molecular weight is 313 g/mol. The van der Waals surface area contributed by atoms with Crippen LogP contribution in [-0.4, -0.2) is 37.8 Å². The number of aromatic nitrogens is 2. The van der Waals surface area contributed by atoms with Gasteiger partial charge in [0.25, 0.3) is 0 Å². The maximum atomic E-state index is 5.94. The van der Waals surface area contributed by atoms with E-state index in [1.807, 2.05) is 44.2 Å². The first kappa shape index (κ1) is 15.6. The molecule has 1 atom stereocenters. The van der Waals surface area contributed by atoms with Gasteiger partial charge in [0.1, 0.15) is 11.6 Å². The van der Waals surface area contributed by atoms with E-state index in [-0.39, 0.29) is 0 Å². The number of ether oxygens (including phenoxy) is 2. The summed E-state index contributed by atoms with van der Waals surface area (Å²) in [6, 6.07) is 6.05. The van der Waals surface area contributed by atoms with E-state index in [1.54, 1.807) is 7.11 Å². The van der Waals surface area contributed by atoms with Crippen LogP contribution < -0.4 is 14.4 Å². The highest BCUT2D eigenvalue weighted by atomic mass is 16.5. The largest absolute Gasteiger partial charge is 0.493 e. The molecule has 0 spiro atoms. The highest BCUT2D eigenvalue weighted by molar-refractivity contribution is 5.48. The number of rotatable bonds is 4. The summed E-state index contributed by atoms with van der Waals surface area (Å²) in [6.45, 7) is 2.70. The molecule has 122 valence electrons. The number of hydrogen-bond acceptors (Lipinski definition) is 5. The minimum Gasteiger partial charge on any atom is -0.493 e.